The molecule has 5 nitrogen and oxygen atoms in total. The fourth-order valence-corrected chi connectivity index (χ4v) is 5.40. The van der Waals surface area contributed by atoms with Crippen LogP contribution >= 0.6 is 11.3 Å². The standard InChI is InChI=1S/C21H22N2O3S2/c1-14-9-10-16(28(2,25)26)12-17(14)21(24)23-11-5-6-15(13-23)20-22-18-7-3-4-8-19(18)27-20/h3-4,7-10,12,15H,5-6,11,13H2,1-2H3. The average Bonchev–Trinajstić information content (AvgIpc) is 3.11. The van der Waals surface area contributed by atoms with Gasteiger partial charge < -0.3 is 4.90 Å². The van der Waals surface area contributed by atoms with E-state index in [1.54, 1.807) is 23.5 Å². The molecule has 28 heavy (non-hydrogen) atoms. The van der Waals surface area contributed by atoms with E-state index in [0.29, 0.717) is 18.7 Å². The van der Waals surface area contributed by atoms with Gasteiger partial charge in [0.05, 0.1) is 20.1 Å². The number of likely N-dealkylation sites (tertiary alicyclic amines) is 1. The number of thiazole rings is 1. The molecule has 4 rings (SSSR count). The van der Waals surface area contributed by atoms with Crippen LogP contribution in [0.15, 0.2) is 47.4 Å². The summed E-state index contributed by atoms with van der Waals surface area (Å²) in [6, 6.07) is 12.9. The first kappa shape index (κ1) is 19.1. The van der Waals surface area contributed by atoms with E-state index in [-0.39, 0.29) is 16.7 Å². The van der Waals surface area contributed by atoms with E-state index in [1.807, 2.05) is 30.0 Å². The van der Waals surface area contributed by atoms with Crippen LogP contribution in [0, 0.1) is 6.92 Å². The van der Waals surface area contributed by atoms with Crippen molar-refractivity contribution in [1.29, 1.82) is 0 Å². The highest BCUT2D eigenvalue weighted by atomic mass is 32.2. The van der Waals surface area contributed by atoms with Crippen LogP contribution in [-0.2, 0) is 9.84 Å². The maximum atomic E-state index is 13.2. The van der Waals surface area contributed by atoms with Crippen molar-refractivity contribution in [3.05, 3.63) is 58.6 Å². The van der Waals surface area contributed by atoms with Gasteiger partial charge >= 0.3 is 0 Å². The molecule has 1 atom stereocenters. The highest BCUT2D eigenvalue weighted by Crippen LogP contribution is 2.33. The summed E-state index contributed by atoms with van der Waals surface area (Å²) in [4.78, 5) is 20.0. The summed E-state index contributed by atoms with van der Waals surface area (Å²) in [6.45, 7) is 3.14. The summed E-state index contributed by atoms with van der Waals surface area (Å²) in [5, 5.41) is 1.07. The number of aromatic nitrogens is 1. The van der Waals surface area contributed by atoms with Crippen LogP contribution in [-0.4, -0.2) is 43.6 Å². The number of carbonyl (C=O) groups excluding carboxylic acids is 1. The summed E-state index contributed by atoms with van der Waals surface area (Å²) in [6.07, 6.45) is 3.08. The molecule has 0 spiro atoms. The molecule has 2 heterocycles. The van der Waals surface area contributed by atoms with Crippen molar-refractivity contribution < 1.29 is 13.2 Å². The Morgan fingerprint density at radius 1 is 1.21 bits per heavy atom. The van der Waals surface area contributed by atoms with Crippen LogP contribution in [0.2, 0.25) is 0 Å². The first-order chi connectivity index (χ1) is 13.3. The number of amides is 1. The Morgan fingerprint density at radius 2 is 2.00 bits per heavy atom. The number of sulfone groups is 1. The third-order valence-corrected chi connectivity index (χ3v) is 7.54. The second kappa shape index (κ2) is 7.29. The van der Waals surface area contributed by atoms with E-state index in [4.69, 9.17) is 4.98 Å². The maximum Gasteiger partial charge on any atom is 0.254 e. The first-order valence-corrected chi connectivity index (χ1v) is 12.0. The molecule has 1 unspecified atom stereocenters. The molecule has 1 aromatic heterocycles. The number of benzene rings is 2. The van der Waals surface area contributed by atoms with E-state index < -0.39 is 9.84 Å². The molecule has 1 aliphatic heterocycles. The molecule has 0 saturated carbocycles. The van der Waals surface area contributed by atoms with Crippen molar-refractivity contribution in [3.63, 3.8) is 0 Å². The Morgan fingerprint density at radius 3 is 2.75 bits per heavy atom. The zero-order valence-electron chi connectivity index (χ0n) is 15.9. The van der Waals surface area contributed by atoms with Gasteiger partial charge in [0.2, 0.25) is 0 Å². The average molecular weight is 415 g/mol. The van der Waals surface area contributed by atoms with Gasteiger partial charge in [-0.1, -0.05) is 18.2 Å². The summed E-state index contributed by atoms with van der Waals surface area (Å²) < 4.78 is 24.9. The number of hydrogen-bond acceptors (Lipinski definition) is 5. The number of carbonyl (C=O) groups is 1. The van der Waals surface area contributed by atoms with Crippen molar-refractivity contribution in [2.24, 2.45) is 0 Å². The minimum atomic E-state index is -3.35. The summed E-state index contributed by atoms with van der Waals surface area (Å²) >= 11 is 1.69. The molecule has 146 valence electrons. The van der Waals surface area contributed by atoms with Crippen LogP contribution in [0.1, 0.15) is 39.7 Å². The van der Waals surface area contributed by atoms with Crippen LogP contribution in [0.5, 0.6) is 0 Å². The fraction of sp³-hybridized carbons (Fsp3) is 0.333. The molecule has 0 radical (unpaired) electrons. The smallest absolute Gasteiger partial charge is 0.254 e. The van der Waals surface area contributed by atoms with Crippen molar-refractivity contribution in [2.45, 2.75) is 30.6 Å². The molecule has 3 aromatic rings. The van der Waals surface area contributed by atoms with Crippen LogP contribution < -0.4 is 0 Å². The highest BCUT2D eigenvalue weighted by molar-refractivity contribution is 7.90. The van der Waals surface area contributed by atoms with Gasteiger partial charge in [0, 0.05) is 30.8 Å². The topological polar surface area (TPSA) is 67.3 Å². The van der Waals surface area contributed by atoms with Gasteiger partial charge in [0.25, 0.3) is 5.91 Å². The monoisotopic (exact) mass is 414 g/mol. The van der Waals surface area contributed by atoms with Gasteiger partial charge in [-0.15, -0.1) is 11.3 Å². The fourth-order valence-electron chi connectivity index (χ4n) is 3.66. The number of piperidine rings is 1. The number of nitrogens with zero attached hydrogens (tertiary/aromatic N) is 2. The van der Waals surface area contributed by atoms with Gasteiger partial charge in [-0.25, -0.2) is 13.4 Å². The summed E-state index contributed by atoms with van der Waals surface area (Å²) in [5.41, 5.74) is 2.26. The van der Waals surface area contributed by atoms with E-state index in [9.17, 15) is 13.2 Å². The molecule has 1 amide bonds. The van der Waals surface area contributed by atoms with E-state index in [2.05, 4.69) is 6.07 Å². The first-order valence-electron chi connectivity index (χ1n) is 9.28. The highest BCUT2D eigenvalue weighted by Gasteiger charge is 2.28. The van der Waals surface area contributed by atoms with Crippen molar-refractivity contribution >= 4 is 37.3 Å². The Hall–Kier alpha value is -2.25. The normalized spacial score (nSPS) is 17.8. The van der Waals surface area contributed by atoms with Crippen LogP contribution in [0.3, 0.4) is 0 Å². The lowest BCUT2D eigenvalue weighted by Gasteiger charge is -2.32. The molecule has 2 aromatic carbocycles. The second-order valence-corrected chi connectivity index (χ2v) is 10.4. The summed E-state index contributed by atoms with van der Waals surface area (Å²) in [5.74, 6) is 0.113. The van der Waals surface area contributed by atoms with Crippen molar-refractivity contribution in [2.75, 3.05) is 19.3 Å². The van der Waals surface area contributed by atoms with E-state index >= 15 is 0 Å². The van der Waals surface area contributed by atoms with Gasteiger partial charge in [-0.05, 0) is 49.6 Å². The molecule has 0 aliphatic carbocycles. The van der Waals surface area contributed by atoms with Gasteiger partial charge in [-0.3, -0.25) is 4.79 Å². The van der Waals surface area contributed by atoms with Crippen molar-refractivity contribution in [1.82, 2.24) is 9.88 Å². The lowest BCUT2D eigenvalue weighted by molar-refractivity contribution is 0.0706. The zero-order valence-corrected chi connectivity index (χ0v) is 17.5. The number of para-hydroxylation sites is 1. The molecule has 7 heteroatoms. The molecule has 1 aliphatic rings. The third-order valence-electron chi connectivity index (χ3n) is 5.24. The van der Waals surface area contributed by atoms with E-state index in [1.165, 1.54) is 6.07 Å². The number of fused-ring (bicyclic) bond motifs is 1. The molecular weight excluding hydrogens is 392 g/mol. The van der Waals surface area contributed by atoms with Crippen molar-refractivity contribution in [3.8, 4) is 0 Å². The van der Waals surface area contributed by atoms with Gasteiger partial charge in [-0.2, -0.15) is 0 Å². The van der Waals surface area contributed by atoms with Crippen LogP contribution in [0.25, 0.3) is 10.2 Å². The predicted molar refractivity (Wildman–Crippen MR) is 112 cm³/mol. The van der Waals surface area contributed by atoms with Gasteiger partial charge in [0.1, 0.15) is 0 Å². The molecule has 0 bridgehead atoms. The van der Waals surface area contributed by atoms with Gasteiger partial charge in [0.15, 0.2) is 9.84 Å². The minimum absolute atomic E-state index is 0.103. The molecule has 1 saturated heterocycles. The molecule has 1 fully saturated rings. The Bertz CT molecular complexity index is 1120. The number of rotatable bonds is 3. The second-order valence-electron chi connectivity index (χ2n) is 7.36. The number of aryl methyl sites for hydroxylation is 1. The Balaban J connectivity index is 1.60. The minimum Gasteiger partial charge on any atom is -0.338 e. The lowest BCUT2D eigenvalue weighted by Crippen LogP contribution is -2.39. The zero-order chi connectivity index (χ0) is 19.9. The SMILES string of the molecule is Cc1ccc(S(C)(=O)=O)cc1C(=O)N1CCCC(c2nc3ccccc3s2)C1. The molecular formula is C21H22N2O3S2. The van der Waals surface area contributed by atoms with Crippen LogP contribution in [0.4, 0.5) is 0 Å². The van der Waals surface area contributed by atoms with E-state index in [0.717, 1.165) is 39.9 Å². The maximum absolute atomic E-state index is 13.2. The molecule has 0 N–H and O–H groups in total. The largest absolute Gasteiger partial charge is 0.338 e. The predicted octanol–water partition coefficient (Wildman–Crippen LogP) is 4.03. The third kappa shape index (κ3) is 3.69. The Kier molecular flexibility index (Phi) is 4.97. The Labute approximate surface area is 168 Å². The quantitative estimate of drug-likeness (QED) is 0.649. The summed E-state index contributed by atoms with van der Waals surface area (Å²) in [7, 11) is -3.35. The lowest BCUT2D eigenvalue weighted by atomic mass is 9.97. The number of hydrogen-bond donors (Lipinski definition) is 0.